The maximum Gasteiger partial charge on any atom is 0.258 e. The predicted octanol–water partition coefficient (Wildman–Crippen LogP) is 4.23. The van der Waals surface area contributed by atoms with Gasteiger partial charge in [-0.25, -0.2) is 4.98 Å². The van der Waals surface area contributed by atoms with E-state index in [9.17, 15) is 4.79 Å². The molecule has 4 heterocycles. The van der Waals surface area contributed by atoms with Gasteiger partial charge in [0.25, 0.3) is 5.56 Å². The van der Waals surface area contributed by atoms with Crippen molar-refractivity contribution in [2.45, 2.75) is 25.9 Å². The molecule has 6 nitrogen and oxygen atoms in total. The Kier molecular flexibility index (Phi) is 5.45. The molecule has 7 heteroatoms. The van der Waals surface area contributed by atoms with E-state index >= 15 is 0 Å². The van der Waals surface area contributed by atoms with Gasteiger partial charge in [-0.1, -0.05) is 12.1 Å². The van der Waals surface area contributed by atoms with E-state index in [1.165, 1.54) is 16.0 Å². The van der Waals surface area contributed by atoms with Crippen LogP contribution in [-0.2, 0) is 13.0 Å². The molecule has 0 amide bonds. The Morgan fingerprint density at radius 2 is 1.94 bits per heavy atom. The second-order valence-electron chi connectivity index (χ2n) is 8.01. The highest BCUT2D eigenvalue weighted by Gasteiger charge is 2.31. The number of aromatic nitrogens is 2. The first-order chi connectivity index (χ1) is 15.6. The third-order valence-electron chi connectivity index (χ3n) is 6.09. The van der Waals surface area contributed by atoms with Gasteiger partial charge in [0.1, 0.15) is 5.65 Å². The Balaban J connectivity index is 1.58. The van der Waals surface area contributed by atoms with Crippen molar-refractivity contribution in [2.75, 3.05) is 20.8 Å². The lowest BCUT2D eigenvalue weighted by molar-refractivity contribution is 0.203. The summed E-state index contributed by atoms with van der Waals surface area (Å²) in [5, 5.41) is 2.10. The van der Waals surface area contributed by atoms with Crippen LogP contribution in [0.25, 0.3) is 5.65 Å². The average Bonchev–Trinajstić information content (AvgIpc) is 3.33. The van der Waals surface area contributed by atoms with Crippen molar-refractivity contribution >= 4 is 17.0 Å². The Morgan fingerprint density at radius 3 is 2.69 bits per heavy atom. The van der Waals surface area contributed by atoms with Crippen LogP contribution < -0.4 is 15.0 Å². The van der Waals surface area contributed by atoms with Gasteiger partial charge >= 0.3 is 0 Å². The molecule has 0 radical (unpaired) electrons. The van der Waals surface area contributed by atoms with E-state index in [1.807, 2.05) is 19.1 Å². The first kappa shape index (κ1) is 20.7. The molecule has 0 aliphatic carbocycles. The summed E-state index contributed by atoms with van der Waals surface area (Å²) in [6.07, 6.45) is 2.66. The summed E-state index contributed by atoms with van der Waals surface area (Å²) in [6, 6.07) is 14.0. The fraction of sp³-hybridized carbons (Fsp3) is 0.280. The number of ether oxygens (including phenoxy) is 2. The van der Waals surface area contributed by atoms with E-state index in [0.717, 1.165) is 35.7 Å². The van der Waals surface area contributed by atoms with Crippen molar-refractivity contribution in [2.24, 2.45) is 0 Å². The van der Waals surface area contributed by atoms with Crippen molar-refractivity contribution in [3.63, 3.8) is 0 Å². The number of rotatable bonds is 5. The smallest absolute Gasteiger partial charge is 0.258 e. The van der Waals surface area contributed by atoms with Gasteiger partial charge in [-0.3, -0.25) is 14.1 Å². The van der Waals surface area contributed by atoms with E-state index in [-0.39, 0.29) is 11.6 Å². The molecule has 0 saturated carbocycles. The SMILES string of the molecule is COc1cc2c(cc1OC)C(c1cccs1)N(Cc1cc(=O)n3cccc(C)c3n1)CC2. The lowest BCUT2D eigenvalue weighted by atomic mass is 9.90. The fourth-order valence-corrected chi connectivity index (χ4v) is 5.42. The van der Waals surface area contributed by atoms with Crippen LogP contribution >= 0.6 is 11.3 Å². The molecule has 164 valence electrons. The minimum absolute atomic E-state index is 0.0508. The second-order valence-corrected chi connectivity index (χ2v) is 8.99. The highest BCUT2D eigenvalue weighted by molar-refractivity contribution is 7.10. The maximum absolute atomic E-state index is 12.7. The van der Waals surface area contributed by atoms with Gasteiger partial charge in [0.2, 0.25) is 0 Å². The number of thiophene rings is 1. The minimum Gasteiger partial charge on any atom is -0.493 e. The lowest BCUT2D eigenvalue weighted by Crippen LogP contribution is -2.36. The van der Waals surface area contributed by atoms with Crippen molar-refractivity contribution in [1.82, 2.24) is 14.3 Å². The van der Waals surface area contributed by atoms with Crippen LogP contribution in [0.1, 0.15) is 33.3 Å². The topological polar surface area (TPSA) is 56.1 Å². The van der Waals surface area contributed by atoms with E-state index in [4.69, 9.17) is 14.5 Å². The molecule has 3 aromatic heterocycles. The number of hydrogen-bond acceptors (Lipinski definition) is 6. The quantitative estimate of drug-likeness (QED) is 0.458. The van der Waals surface area contributed by atoms with Gasteiger partial charge in [-0.05, 0) is 59.7 Å². The van der Waals surface area contributed by atoms with E-state index in [1.54, 1.807) is 42.2 Å². The molecule has 1 aliphatic heterocycles. The van der Waals surface area contributed by atoms with Crippen LogP contribution in [0, 0.1) is 6.92 Å². The summed E-state index contributed by atoms with van der Waals surface area (Å²) in [4.78, 5) is 21.2. The van der Waals surface area contributed by atoms with Gasteiger partial charge in [-0.15, -0.1) is 11.3 Å². The molecular formula is C25H25N3O3S. The summed E-state index contributed by atoms with van der Waals surface area (Å²) in [5.74, 6) is 1.48. The molecular weight excluding hydrogens is 422 g/mol. The number of methoxy groups -OCH3 is 2. The Bertz CT molecular complexity index is 1330. The normalized spacial score (nSPS) is 16.2. The highest BCUT2D eigenvalue weighted by Crippen LogP contribution is 2.42. The third-order valence-corrected chi connectivity index (χ3v) is 7.02. The van der Waals surface area contributed by atoms with Crippen LogP contribution in [-0.4, -0.2) is 35.0 Å². The zero-order chi connectivity index (χ0) is 22.2. The Morgan fingerprint density at radius 1 is 1.12 bits per heavy atom. The highest BCUT2D eigenvalue weighted by atomic mass is 32.1. The predicted molar refractivity (Wildman–Crippen MR) is 126 cm³/mol. The van der Waals surface area contributed by atoms with Crippen molar-refractivity contribution < 1.29 is 9.47 Å². The van der Waals surface area contributed by atoms with Gasteiger partial charge in [0, 0.05) is 30.2 Å². The molecule has 1 unspecified atom stereocenters. The van der Waals surface area contributed by atoms with Crippen LogP contribution in [0.5, 0.6) is 11.5 Å². The van der Waals surface area contributed by atoms with Crippen LogP contribution in [0.15, 0.2) is 58.8 Å². The number of aryl methyl sites for hydroxylation is 1. The number of hydrogen-bond donors (Lipinski definition) is 0. The third kappa shape index (κ3) is 3.57. The minimum atomic E-state index is -0.0508. The van der Waals surface area contributed by atoms with Crippen molar-refractivity contribution in [3.8, 4) is 11.5 Å². The Labute approximate surface area is 190 Å². The summed E-state index contributed by atoms with van der Waals surface area (Å²) in [6.45, 7) is 3.44. The zero-order valence-corrected chi connectivity index (χ0v) is 19.2. The first-order valence-electron chi connectivity index (χ1n) is 10.6. The molecule has 32 heavy (non-hydrogen) atoms. The van der Waals surface area contributed by atoms with Gasteiger partial charge in [0.05, 0.1) is 26.0 Å². The van der Waals surface area contributed by atoms with Gasteiger partial charge < -0.3 is 9.47 Å². The Hall–Kier alpha value is -3.16. The molecule has 1 aliphatic rings. The summed E-state index contributed by atoms with van der Waals surface area (Å²) < 4.78 is 12.7. The van der Waals surface area contributed by atoms with E-state index in [0.29, 0.717) is 12.2 Å². The summed E-state index contributed by atoms with van der Waals surface area (Å²) >= 11 is 1.74. The lowest BCUT2D eigenvalue weighted by Gasteiger charge is -2.37. The first-order valence-corrected chi connectivity index (χ1v) is 11.5. The zero-order valence-electron chi connectivity index (χ0n) is 18.4. The standard InChI is InChI=1S/C25H25N3O3S/c1-16-6-4-9-28-23(29)13-18(26-25(16)28)15-27-10-8-17-12-20(30-2)21(31-3)14-19(17)24(27)22-7-5-11-32-22/h4-7,9,11-14,24H,8,10,15H2,1-3H3. The molecule has 4 aromatic rings. The molecule has 0 N–H and O–H groups in total. The molecule has 0 spiro atoms. The monoisotopic (exact) mass is 447 g/mol. The molecule has 0 fully saturated rings. The van der Waals surface area contributed by atoms with Gasteiger partial charge in [-0.2, -0.15) is 0 Å². The average molecular weight is 448 g/mol. The number of pyridine rings is 1. The van der Waals surface area contributed by atoms with E-state index in [2.05, 4.69) is 34.5 Å². The molecule has 1 atom stereocenters. The number of benzene rings is 1. The van der Waals surface area contributed by atoms with Crippen LogP contribution in [0.2, 0.25) is 0 Å². The largest absolute Gasteiger partial charge is 0.493 e. The molecule has 5 rings (SSSR count). The van der Waals surface area contributed by atoms with Gasteiger partial charge in [0.15, 0.2) is 11.5 Å². The number of fused-ring (bicyclic) bond motifs is 2. The molecule has 0 bridgehead atoms. The molecule has 1 aromatic carbocycles. The fourth-order valence-electron chi connectivity index (χ4n) is 4.55. The van der Waals surface area contributed by atoms with Crippen LogP contribution in [0.4, 0.5) is 0 Å². The van der Waals surface area contributed by atoms with Crippen molar-refractivity contribution in [1.29, 1.82) is 0 Å². The van der Waals surface area contributed by atoms with E-state index < -0.39 is 0 Å². The molecule has 0 saturated heterocycles. The van der Waals surface area contributed by atoms with Crippen molar-refractivity contribution in [3.05, 3.63) is 91.7 Å². The second kappa shape index (κ2) is 8.41. The maximum atomic E-state index is 12.7. The summed E-state index contributed by atoms with van der Waals surface area (Å²) in [7, 11) is 3.34. The van der Waals surface area contributed by atoms with Crippen LogP contribution in [0.3, 0.4) is 0 Å². The number of nitrogens with zero attached hydrogens (tertiary/aromatic N) is 3. The summed E-state index contributed by atoms with van der Waals surface area (Å²) in [5.41, 5.74) is 4.92.